The highest BCUT2D eigenvalue weighted by Crippen LogP contribution is 2.42. The van der Waals surface area contributed by atoms with E-state index in [2.05, 4.69) is 0 Å². The van der Waals surface area contributed by atoms with Gasteiger partial charge in [0.25, 0.3) is 0 Å². The molecule has 3 aromatic carbocycles. The van der Waals surface area contributed by atoms with Gasteiger partial charge in [0.1, 0.15) is 11.6 Å². The first-order chi connectivity index (χ1) is 17.2. The van der Waals surface area contributed by atoms with Gasteiger partial charge in [-0.2, -0.15) is 0 Å². The molecule has 3 atom stereocenters. The number of likely N-dealkylation sites (tertiary alicyclic amines) is 1. The molecule has 0 saturated carbocycles. The number of β-amino-alcohol motifs (C(OH)–C–C–N with tert-alkyl or cyclic N) is 1. The number of phenolic OH excluding ortho intramolecular Hbond substituents is 1. The van der Waals surface area contributed by atoms with Gasteiger partial charge in [0.15, 0.2) is 23.2 Å². The van der Waals surface area contributed by atoms with Gasteiger partial charge in [0.05, 0.1) is 12.2 Å². The third-order valence-electron chi connectivity index (χ3n) is 6.88. The lowest BCUT2D eigenvalue weighted by molar-refractivity contribution is 0.0526. The Morgan fingerprint density at radius 3 is 2.25 bits per heavy atom. The van der Waals surface area contributed by atoms with Crippen LogP contribution in [0.25, 0.3) is 0 Å². The van der Waals surface area contributed by atoms with E-state index in [0.29, 0.717) is 5.56 Å². The summed E-state index contributed by atoms with van der Waals surface area (Å²) in [4.78, 5) is 29.2. The largest absolute Gasteiger partial charge is 0.508 e. The molecule has 0 amide bonds. The molecule has 5 nitrogen and oxygen atoms in total. The molecular weight excluding hydrogens is 471 g/mol. The molecule has 0 unspecified atom stereocenters. The summed E-state index contributed by atoms with van der Waals surface area (Å²) < 4.78 is 43.3. The van der Waals surface area contributed by atoms with Gasteiger partial charge in [0, 0.05) is 43.0 Å². The molecule has 2 N–H and O–H groups in total. The van der Waals surface area contributed by atoms with E-state index in [4.69, 9.17) is 0 Å². The molecule has 188 valence electrons. The summed E-state index contributed by atoms with van der Waals surface area (Å²) >= 11 is 0. The molecule has 36 heavy (non-hydrogen) atoms. The van der Waals surface area contributed by atoms with Crippen LogP contribution < -0.4 is 0 Å². The highest BCUT2D eigenvalue weighted by Gasteiger charge is 2.46. The summed E-state index contributed by atoms with van der Waals surface area (Å²) in [5.74, 6) is -6.97. The van der Waals surface area contributed by atoms with Gasteiger partial charge in [-0.05, 0) is 48.4 Å². The van der Waals surface area contributed by atoms with Crippen molar-refractivity contribution in [2.24, 2.45) is 11.8 Å². The van der Waals surface area contributed by atoms with Gasteiger partial charge < -0.3 is 10.2 Å². The van der Waals surface area contributed by atoms with Crippen molar-refractivity contribution < 1.29 is 33.0 Å². The summed E-state index contributed by atoms with van der Waals surface area (Å²) in [6.45, 7) is 1.65. The number of carbonyl (C=O) groups is 2. The first kappa shape index (κ1) is 25.6. The Bertz CT molecular complexity index is 1300. The second-order valence-electron chi connectivity index (χ2n) is 9.06. The van der Waals surface area contributed by atoms with Crippen LogP contribution >= 0.6 is 0 Å². The Hall–Kier alpha value is -3.49. The molecule has 0 aromatic heterocycles. The zero-order valence-corrected chi connectivity index (χ0v) is 19.6. The first-order valence-electron chi connectivity index (χ1n) is 11.6. The lowest BCUT2D eigenvalue weighted by Gasteiger charge is -2.43. The van der Waals surface area contributed by atoms with Crippen molar-refractivity contribution in [2.45, 2.75) is 12.8 Å². The van der Waals surface area contributed by atoms with E-state index in [1.165, 1.54) is 48.5 Å². The second-order valence-corrected chi connectivity index (χ2v) is 9.06. The number of piperidine rings is 1. The van der Waals surface area contributed by atoms with Crippen LogP contribution in [0.15, 0.2) is 60.7 Å². The van der Waals surface area contributed by atoms with E-state index >= 15 is 0 Å². The quantitative estimate of drug-likeness (QED) is 0.470. The number of nitrogens with zero attached hydrogens (tertiary/aromatic N) is 1. The number of hydrogen-bond acceptors (Lipinski definition) is 5. The van der Waals surface area contributed by atoms with Crippen LogP contribution in [0.5, 0.6) is 5.75 Å². The molecule has 8 heteroatoms. The van der Waals surface area contributed by atoms with Gasteiger partial charge in [-0.3, -0.25) is 14.5 Å². The van der Waals surface area contributed by atoms with Gasteiger partial charge in [0.2, 0.25) is 0 Å². The van der Waals surface area contributed by atoms with E-state index in [0.717, 1.165) is 6.07 Å². The molecule has 3 aromatic rings. The minimum atomic E-state index is -1.28. The molecule has 1 saturated heterocycles. The second kappa shape index (κ2) is 10.6. The van der Waals surface area contributed by atoms with Crippen LogP contribution in [0.2, 0.25) is 0 Å². The maximum absolute atomic E-state index is 14.7. The fourth-order valence-corrected chi connectivity index (χ4v) is 5.14. The third-order valence-corrected chi connectivity index (χ3v) is 6.88. The van der Waals surface area contributed by atoms with Crippen LogP contribution in [0.1, 0.15) is 37.8 Å². The molecule has 0 bridgehead atoms. The van der Waals surface area contributed by atoms with Gasteiger partial charge in [-0.15, -0.1) is 0 Å². The number of aromatic hydroxyl groups is 1. The Kier molecular flexibility index (Phi) is 7.56. The summed E-state index contributed by atoms with van der Waals surface area (Å²) in [6.07, 6.45) is 0. The standard InChI is InChI=1S/C28H26F3NO4/c1-16-19(7-3-9-23(16)29)25-21(27(35)17-5-2-6-18(34)13-17)14-32(11-12-33)15-22(25)28(36)20-8-4-10-24(30)26(20)31/h2-10,13,21-22,25,33-34H,11-12,14-15H2,1H3/t21-,22-,25-/m0/s1. The summed E-state index contributed by atoms with van der Waals surface area (Å²) in [5.41, 5.74) is 0.429. The topological polar surface area (TPSA) is 77.8 Å². The number of halogens is 3. The highest BCUT2D eigenvalue weighted by molar-refractivity contribution is 6.02. The van der Waals surface area contributed by atoms with Crippen molar-refractivity contribution in [3.05, 3.63) is 100 Å². The normalized spacial score (nSPS) is 20.3. The summed E-state index contributed by atoms with van der Waals surface area (Å²) in [7, 11) is 0. The smallest absolute Gasteiger partial charge is 0.170 e. The van der Waals surface area contributed by atoms with Crippen molar-refractivity contribution >= 4 is 11.6 Å². The van der Waals surface area contributed by atoms with Crippen molar-refractivity contribution in [1.82, 2.24) is 4.90 Å². The molecule has 0 radical (unpaired) electrons. The number of aliphatic hydroxyl groups excluding tert-OH is 1. The molecule has 1 fully saturated rings. The molecule has 0 aliphatic carbocycles. The number of rotatable bonds is 7. The average Bonchev–Trinajstić information content (AvgIpc) is 2.86. The number of hydrogen-bond donors (Lipinski definition) is 2. The van der Waals surface area contributed by atoms with Gasteiger partial charge in [-0.25, -0.2) is 13.2 Å². The number of phenols is 1. The van der Waals surface area contributed by atoms with E-state index in [1.54, 1.807) is 17.9 Å². The van der Waals surface area contributed by atoms with Crippen LogP contribution in [0.3, 0.4) is 0 Å². The minimum Gasteiger partial charge on any atom is -0.508 e. The molecule has 4 rings (SSSR count). The summed E-state index contributed by atoms with van der Waals surface area (Å²) in [5, 5.41) is 19.5. The average molecular weight is 498 g/mol. The minimum absolute atomic E-state index is 0.0553. The molecule has 1 aliphatic heterocycles. The number of ketones is 2. The van der Waals surface area contributed by atoms with E-state index < -0.39 is 46.6 Å². The molecule has 0 spiro atoms. The van der Waals surface area contributed by atoms with E-state index in [9.17, 15) is 33.0 Å². The summed E-state index contributed by atoms with van der Waals surface area (Å²) in [6, 6.07) is 13.5. The Morgan fingerprint density at radius 2 is 1.56 bits per heavy atom. The lowest BCUT2D eigenvalue weighted by atomic mass is 9.67. The molecule has 1 aliphatic rings. The molecular formula is C28H26F3NO4. The van der Waals surface area contributed by atoms with E-state index in [1.807, 2.05) is 0 Å². The highest BCUT2D eigenvalue weighted by atomic mass is 19.2. The van der Waals surface area contributed by atoms with E-state index in [-0.39, 0.29) is 48.9 Å². The fourth-order valence-electron chi connectivity index (χ4n) is 5.14. The predicted octanol–water partition coefficient (Wildman–Crippen LogP) is 4.51. The van der Waals surface area contributed by atoms with Crippen molar-refractivity contribution in [2.75, 3.05) is 26.2 Å². The van der Waals surface area contributed by atoms with Crippen LogP contribution in [0, 0.1) is 36.2 Å². The predicted molar refractivity (Wildman–Crippen MR) is 128 cm³/mol. The van der Waals surface area contributed by atoms with Crippen LogP contribution in [-0.2, 0) is 0 Å². The van der Waals surface area contributed by atoms with Crippen molar-refractivity contribution in [3.63, 3.8) is 0 Å². The Morgan fingerprint density at radius 1 is 0.917 bits per heavy atom. The maximum atomic E-state index is 14.7. The number of benzene rings is 3. The molecule has 1 heterocycles. The van der Waals surface area contributed by atoms with Crippen LogP contribution in [-0.4, -0.2) is 52.9 Å². The lowest BCUT2D eigenvalue weighted by Crippen LogP contribution is -2.51. The SMILES string of the molecule is Cc1c(F)cccc1[C@H]1[C@@H](C(=O)c2cccc(O)c2)CN(CCO)C[C@@H]1C(=O)c1cccc(F)c1F. The number of Topliss-reactive ketones (excluding diaryl/α,β-unsaturated/α-hetero) is 2. The number of aliphatic hydroxyl groups is 1. The number of carbonyl (C=O) groups excluding carboxylic acids is 2. The Balaban J connectivity index is 1.89. The van der Waals surface area contributed by atoms with Gasteiger partial charge >= 0.3 is 0 Å². The zero-order valence-electron chi connectivity index (χ0n) is 19.6. The van der Waals surface area contributed by atoms with Crippen molar-refractivity contribution in [1.29, 1.82) is 0 Å². The fraction of sp³-hybridized carbons (Fsp3) is 0.286. The monoisotopic (exact) mass is 497 g/mol. The Labute approximate surface area is 206 Å². The van der Waals surface area contributed by atoms with Crippen molar-refractivity contribution in [3.8, 4) is 5.75 Å². The van der Waals surface area contributed by atoms with Crippen LogP contribution in [0.4, 0.5) is 13.2 Å². The first-order valence-corrected chi connectivity index (χ1v) is 11.6. The van der Waals surface area contributed by atoms with Gasteiger partial charge in [-0.1, -0.05) is 30.3 Å². The third kappa shape index (κ3) is 4.92. The zero-order chi connectivity index (χ0) is 26.0. The maximum Gasteiger partial charge on any atom is 0.170 e.